The van der Waals surface area contributed by atoms with Crippen molar-refractivity contribution in [3.05, 3.63) is 35.4 Å². The van der Waals surface area contributed by atoms with Crippen LogP contribution in [0.25, 0.3) is 0 Å². The minimum atomic E-state index is -0.000760. The number of ketones is 2. The molecule has 242 valence electrons. The number of Topliss-reactive ketones (excluding diaryl/α,β-unsaturated/α-hetero) is 2. The highest BCUT2D eigenvalue weighted by molar-refractivity contribution is 5.81. The highest BCUT2D eigenvalue weighted by Gasteiger charge is 2.07. The van der Waals surface area contributed by atoms with Crippen LogP contribution in [0, 0.1) is 35.5 Å². The topological polar surface area (TPSA) is 95.1 Å². The Morgan fingerprint density at radius 3 is 1.74 bits per heavy atom. The van der Waals surface area contributed by atoms with Crippen molar-refractivity contribution >= 4 is 11.6 Å². The van der Waals surface area contributed by atoms with Gasteiger partial charge in [0.15, 0.2) is 11.6 Å². The Balaban J connectivity index is 0.000000846. The molecule has 8 nitrogen and oxygen atoms in total. The maximum Gasteiger partial charge on any atom is 0.161 e. The third-order valence-electron chi connectivity index (χ3n) is 5.85. The number of benzene rings is 1. The average molecular weight is 601 g/mol. The van der Waals surface area contributed by atoms with Gasteiger partial charge in [0, 0.05) is 42.1 Å². The van der Waals surface area contributed by atoms with Crippen molar-refractivity contribution in [2.45, 2.75) is 80.4 Å². The molecule has 1 rings (SSSR count). The van der Waals surface area contributed by atoms with Gasteiger partial charge in [-0.05, 0) is 36.5 Å². The van der Waals surface area contributed by atoms with Gasteiger partial charge in [0.05, 0.1) is 33.0 Å². The molecule has 0 spiro atoms. The number of carbonyl (C=O) groups excluding carboxylic acids is 2. The summed E-state index contributed by atoms with van der Waals surface area (Å²) in [4.78, 5) is 22.6. The second-order valence-electron chi connectivity index (χ2n) is 11.3. The molecule has 0 aliphatic heterocycles. The molecule has 8 heteroatoms. The van der Waals surface area contributed by atoms with E-state index in [0.29, 0.717) is 51.2 Å². The van der Waals surface area contributed by atoms with Gasteiger partial charge >= 0.3 is 0 Å². The van der Waals surface area contributed by atoms with Crippen molar-refractivity contribution in [3.8, 4) is 23.7 Å². The van der Waals surface area contributed by atoms with Crippen molar-refractivity contribution in [3.63, 3.8) is 0 Å². The second-order valence-corrected chi connectivity index (χ2v) is 11.3. The normalized spacial score (nSPS) is 11.5. The Labute approximate surface area is 261 Å². The van der Waals surface area contributed by atoms with Gasteiger partial charge in [-0.2, -0.15) is 0 Å². The molecule has 0 heterocycles. The Morgan fingerprint density at radius 2 is 1.21 bits per heavy atom. The highest BCUT2D eigenvalue weighted by Crippen LogP contribution is 2.13. The molecular formula is C35H56N2O6. The summed E-state index contributed by atoms with van der Waals surface area (Å²) in [7, 11) is 0. The van der Waals surface area contributed by atoms with Gasteiger partial charge in [0.25, 0.3) is 0 Å². The summed E-state index contributed by atoms with van der Waals surface area (Å²) in [5.41, 5.74) is 2.17. The maximum atomic E-state index is 11.3. The predicted molar refractivity (Wildman–Crippen MR) is 174 cm³/mol. The summed E-state index contributed by atoms with van der Waals surface area (Å²) in [5, 5.41) is 6.73. The molecule has 0 aliphatic carbocycles. The first-order valence-corrected chi connectivity index (χ1v) is 15.4. The minimum Gasteiger partial charge on any atom is -0.378 e. The lowest BCUT2D eigenvalue weighted by Gasteiger charge is -2.17. The fraction of sp³-hybridized carbons (Fsp3) is 0.657. The standard InChI is InChI=1S/C21H27NO2.C14H29NO4/c1-16(2)21(23)15-24-14-8-6-7-9-19-10-12-20(13-11-19)18(5)22-17(3)4;1-12(2)14(16)11-19-10-9-18-8-7-17-6-5-15-13(3)4/h10-13,16-18,22H,14-15H2,1-5H3;12-13,15H,5-11H2,1-4H3/t18-;/m1./s1. The van der Waals surface area contributed by atoms with E-state index in [4.69, 9.17) is 18.9 Å². The third kappa shape index (κ3) is 24.6. The van der Waals surface area contributed by atoms with Gasteiger partial charge in [-0.15, -0.1) is 0 Å². The fourth-order valence-corrected chi connectivity index (χ4v) is 3.20. The van der Waals surface area contributed by atoms with E-state index >= 15 is 0 Å². The van der Waals surface area contributed by atoms with E-state index < -0.39 is 0 Å². The van der Waals surface area contributed by atoms with Crippen LogP contribution in [0.15, 0.2) is 24.3 Å². The molecule has 0 fully saturated rings. The fourth-order valence-electron chi connectivity index (χ4n) is 3.20. The largest absolute Gasteiger partial charge is 0.378 e. The summed E-state index contributed by atoms with van der Waals surface area (Å²) < 4.78 is 21.1. The molecule has 1 atom stereocenters. The first kappa shape index (κ1) is 40.4. The summed E-state index contributed by atoms with van der Waals surface area (Å²) in [6.07, 6.45) is 0. The van der Waals surface area contributed by atoms with Crippen LogP contribution in [0.1, 0.15) is 79.5 Å². The summed E-state index contributed by atoms with van der Waals surface area (Å²) >= 11 is 0. The molecule has 0 amide bonds. The molecule has 0 bridgehead atoms. The molecule has 2 N–H and O–H groups in total. The lowest BCUT2D eigenvalue weighted by Crippen LogP contribution is -2.27. The van der Waals surface area contributed by atoms with E-state index in [2.05, 4.69) is 81.1 Å². The quantitative estimate of drug-likeness (QED) is 0.166. The molecule has 0 saturated carbocycles. The third-order valence-corrected chi connectivity index (χ3v) is 5.85. The summed E-state index contributed by atoms with van der Waals surface area (Å²) in [5.74, 6) is 11.6. The van der Waals surface area contributed by atoms with Gasteiger partial charge in [-0.3, -0.25) is 9.59 Å². The van der Waals surface area contributed by atoms with Gasteiger partial charge in [-0.25, -0.2) is 0 Å². The SMILES string of the molecule is CC(C)NCCOCCOCCOCC(=O)C(C)C.CC(C)N[C@H](C)c1ccc(C#CC#CCOCC(=O)C(C)C)cc1. The van der Waals surface area contributed by atoms with Crippen LogP contribution in [0.2, 0.25) is 0 Å². The van der Waals surface area contributed by atoms with E-state index in [9.17, 15) is 9.59 Å². The van der Waals surface area contributed by atoms with Crippen LogP contribution in [0.3, 0.4) is 0 Å². The number of nitrogens with one attached hydrogen (secondary N) is 2. The molecule has 0 radical (unpaired) electrons. The molecule has 0 saturated heterocycles. The van der Waals surface area contributed by atoms with Crippen LogP contribution < -0.4 is 10.6 Å². The van der Waals surface area contributed by atoms with Crippen molar-refractivity contribution in [2.75, 3.05) is 59.4 Å². The average Bonchev–Trinajstić information content (AvgIpc) is 2.95. The van der Waals surface area contributed by atoms with Crippen molar-refractivity contribution in [1.82, 2.24) is 10.6 Å². The first-order valence-electron chi connectivity index (χ1n) is 15.4. The van der Waals surface area contributed by atoms with E-state index in [1.165, 1.54) is 5.56 Å². The highest BCUT2D eigenvalue weighted by atomic mass is 16.5. The molecule has 0 aromatic heterocycles. The second kappa shape index (κ2) is 25.9. The summed E-state index contributed by atoms with van der Waals surface area (Å²) in [6.45, 7) is 22.3. The summed E-state index contributed by atoms with van der Waals surface area (Å²) in [6, 6.07) is 9.42. The van der Waals surface area contributed by atoms with Crippen LogP contribution in [-0.4, -0.2) is 83.0 Å². The molecule has 1 aromatic carbocycles. The predicted octanol–water partition coefficient (Wildman–Crippen LogP) is 4.60. The lowest BCUT2D eigenvalue weighted by molar-refractivity contribution is -0.127. The van der Waals surface area contributed by atoms with E-state index in [0.717, 1.165) is 12.1 Å². The lowest BCUT2D eigenvalue weighted by atomic mass is 10.1. The van der Waals surface area contributed by atoms with Crippen LogP contribution in [0.4, 0.5) is 0 Å². The van der Waals surface area contributed by atoms with Crippen molar-refractivity contribution < 1.29 is 28.5 Å². The van der Waals surface area contributed by atoms with Crippen LogP contribution in [-0.2, 0) is 28.5 Å². The number of hydrogen-bond donors (Lipinski definition) is 2. The van der Waals surface area contributed by atoms with Gasteiger partial charge in [0.2, 0.25) is 0 Å². The van der Waals surface area contributed by atoms with Crippen molar-refractivity contribution in [1.29, 1.82) is 0 Å². The number of ether oxygens (including phenoxy) is 4. The van der Waals surface area contributed by atoms with Crippen LogP contribution in [0.5, 0.6) is 0 Å². The molecular weight excluding hydrogens is 544 g/mol. The molecule has 43 heavy (non-hydrogen) atoms. The zero-order chi connectivity index (χ0) is 32.5. The van der Waals surface area contributed by atoms with Gasteiger partial charge in [0.1, 0.15) is 19.8 Å². The van der Waals surface area contributed by atoms with E-state index in [-0.39, 0.29) is 43.2 Å². The molecule has 0 aliphatic rings. The van der Waals surface area contributed by atoms with Gasteiger partial charge < -0.3 is 29.6 Å². The Hall–Kier alpha value is -2.56. The smallest absolute Gasteiger partial charge is 0.161 e. The molecule has 1 aromatic rings. The number of hydrogen-bond acceptors (Lipinski definition) is 8. The zero-order valence-electron chi connectivity index (χ0n) is 28.0. The van der Waals surface area contributed by atoms with E-state index in [1.807, 2.05) is 39.8 Å². The van der Waals surface area contributed by atoms with Crippen LogP contribution >= 0.6 is 0 Å². The number of carbonyl (C=O) groups is 2. The Bertz CT molecular complexity index is 997. The first-order chi connectivity index (χ1) is 20.4. The maximum absolute atomic E-state index is 11.3. The number of rotatable bonds is 20. The molecule has 0 unspecified atom stereocenters. The van der Waals surface area contributed by atoms with E-state index in [1.54, 1.807) is 0 Å². The zero-order valence-corrected chi connectivity index (χ0v) is 28.0. The van der Waals surface area contributed by atoms with Gasteiger partial charge in [-0.1, -0.05) is 79.4 Å². The van der Waals surface area contributed by atoms with Crippen molar-refractivity contribution in [2.24, 2.45) is 11.8 Å². The Morgan fingerprint density at radius 1 is 0.674 bits per heavy atom. The monoisotopic (exact) mass is 600 g/mol. The minimum absolute atomic E-state index is 0.000760. The Kier molecular flexibility index (Phi) is 24.4.